The Kier molecular flexibility index (Phi) is 7.08. The molecule has 7 heteroatoms. The summed E-state index contributed by atoms with van der Waals surface area (Å²) in [6.45, 7) is 20.6. The van der Waals surface area contributed by atoms with Gasteiger partial charge in [0.2, 0.25) is 0 Å². The van der Waals surface area contributed by atoms with Crippen molar-refractivity contribution >= 4 is 12.0 Å². The van der Waals surface area contributed by atoms with Crippen LogP contribution in [0.1, 0.15) is 132 Å². The highest BCUT2D eigenvalue weighted by Gasteiger charge is 2.70. The summed E-state index contributed by atoms with van der Waals surface area (Å²) >= 11 is 0. The van der Waals surface area contributed by atoms with Crippen molar-refractivity contribution in [2.75, 3.05) is 13.2 Å². The minimum atomic E-state index is -0.881. The second-order valence-electron chi connectivity index (χ2n) is 18.8. The molecule has 0 unspecified atom stereocenters. The molecule has 6 fully saturated rings. The molecule has 7 rings (SSSR count). The van der Waals surface area contributed by atoms with Crippen LogP contribution in [-0.2, 0) is 14.3 Å². The van der Waals surface area contributed by atoms with Crippen LogP contribution in [0.4, 0.5) is 4.79 Å². The van der Waals surface area contributed by atoms with Crippen molar-refractivity contribution in [3.05, 3.63) is 11.6 Å². The second-order valence-corrected chi connectivity index (χ2v) is 18.8. The van der Waals surface area contributed by atoms with Gasteiger partial charge < -0.3 is 24.8 Å². The first kappa shape index (κ1) is 32.0. The monoisotopic (exact) mass is 624 g/mol. The van der Waals surface area contributed by atoms with Crippen LogP contribution >= 0.6 is 0 Å². The van der Waals surface area contributed by atoms with Crippen LogP contribution in [0.3, 0.4) is 0 Å². The molecule has 0 spiro atoms. The molecule has 7 aliphatic rings. The van der Waals surface area contributed by atoms with Gasteiger partial charge in [-0.3, -0.25) is 0 Å². The number of ether oxygens (including phenoxy) is 2. The number of allylic oxidation sites excluding steroid dienone is 1. The van der Waals surface area contributed by atoms with E-state index in [-0.39, 0.29) is 50.7 Å². The molecular weight excluding hydrogens is 564 g/mol. The molecule has 0 radical (unpaired) electrons. The summed E-state index contributed by atoms with van der Waals surface area (Å²) in [5.41, 5.74) is 2.03. The molecule has 2 saturated heterocycles. The Hall–Kier alpha value is -1.60. The molecular formula is C38H60N2O5. The number of hydrogen-bond donors (Lipinski definition) is 2. The van der Waals surface area contributed by atoms with E-state index in [1.165, 1.54) is 19.3 Å². The maximum atomic E-state index is 13.9. The lowest BCUT2D eigenvalue weighted by Crippen LogP contribution is -2.69. The zero-order valence-corrected chi connectivity index (χ0v) is 29.4. The van der Waals surface area contributed by atoms with Crippen molar-refractivity contribution in [1.29, 1.82) is 0 Å². The number of fused-ring (bicyclic) bond motifs is 9. The fourth-order valence-electron chi connectivity index (χ4n) is 12.9. The Morgan fingerprint density at radius 2 is 1.62 bits per heavy atom. The fraction of sp³-hybridized carbons (Fsp3) is 0.895. The Morgan fingerprint density at radius 1 is 0.889 bits per heavy atom. The van der Waals surface area contributed by atoms with Crippen LogP contribution in [0.15, 0.2) is 11.6 Å². The molecule has 0 aromatic heterocycles. The Morgan fingerprint density at radius 3 is 2.36 bits per heavy atom. The number of nitrogens with zero attached hydrogens (tertiary/aromatic N) is 1. The number of carboxylic acid groups (broad SMARTS) is 1. The van der Waals surface area contributed by atoms with Crippen LogP contribution in [-0.4, -0.2) is 58.6 Å². The maximum Gasteiger partial charge on any atom is 0.326 e. The van der Waals surface area contributed by atoms with Crippen molar-refractivity contribution in [1.82, 2.24) is 10.2 Å². The summed E-state index contributed by atoms with van der Waals surface area (Å²) in [5.74, 6) is 0.0834. The summed E-state index contributed by atoms with van der Waals surface area (Å²) in [5, 5.41) is 13.4. The molecule has 252 valence electrons. The van der Waals surface area contributed by atoms with Crippen LogP contribution < -0.4 is 5.32 Å². The number of hydrogen-bond acceptors (Lipinski definition) is 4. The molecule has 7 nitrogen and oxygen atoms in total. The first-order chi connectivity index (χ1) is 20.9. The summed E-state index contributed by atoms with van der Waals surface area (Å²) in [6.07, 6.45) is 15.3. The first-order valence-electron chi connectivity index (χ1n) is 18.2. The second kappa shape index (κ2) is 9.96. The predicted molar refractivity (Wildman–Crippen MR) is 174 cm³/mol. The predicted octanol–water partition coefficient (Wildman–Crippen LogP) is 7.93. The van der Waals surface area contributed by atoms with E-state index in [9.17, 15) is 14.7 Å². The Labute approximate surface area is 271 Å². The standard InChI is InChI=1S/C38H60N2O5/c1-32(2)17-19-38(39-31(43)40-21-9-10-26(40)30(41)42)20-18-36(7)24(25(38)22-32)11-12-28-34(5)15-14-29-35(6,23-44-33(3,4)45-29)27(34)13-16-37(28,36)8/h11,25-29H,9-10,12-23H2,1-8H3,(H,39,43)(H,41,42)/t25-,26-,27+,28+,29-,34-,35-,36+,37+,38-/m0/s1. The lowest BCUT2D eigenvalue weighted by Gasteiger charge is -2.72. The average Bonchev–Trinajstić information content (AvgIpc) is 3.45. The van der Waals surface area contributed by atoms with Gasteiger partial charge >= 0.3 is 12.0 Å². The summed E-state index contributed by atoms with van der Waals surface area (Å²) in [4.78, 5) is 27.5. The van der Waals surface area contributed by atoms with Gasteiger partial charge in [-0.05, 0) is 124 Å². The van der Waals surface area contributed by atoms with Gasteiger partial charge in [-0.15, -0.1) is 0 Å². The van der Waals surface area contributed by atoms with Gasteiger partial charge in [0.25, 0.3) is 0 Å². The molecule has 10 atom stereocenters. The molecule has 2 heterocycles. The number of nitrogens with one attached hydrogen (secondary N) is 1. The summed E-state index contributed by atoms with van der Waals surface area (Å²) in [6, 6.07) is -0.868. The van der Waals surface area contributed by atoms with Crippen molar-refractivity contribution in [3.63, 3.8) is 0 Å². The molecule has 0 bridgehead atoms. The normalized spacial score (nSPS) is 49.7. The molecule has 4 saturated carbocycles. The van der Waals surface area contributed by atoms with E-state index in [4.69, 9.17) is 9.47 Å². The van der Waals surface area contributed by atoms with Gasteiger partial charge in [-0.25, -0.2) is 9.59 Å². The van der Waals surface area contributed by atoms with E-state index in [0.29, 0.717) is 24.8 Å². The molecule has 45 heavy (non-hydrogen) atoms. The van der Waals surface area contributed by atoms with Crippen LogP contribution in [0.2, 0.25) is 0 Å². The number of amides is 2. The Bertz CT molecular complexity index is 1290. The van der Waals surface area contributed by atoms with E-state index in [0.717, 1.165) is 58.0 Å². The number of aliphatic carboxylic acids is 1. The zero-order chi connectivity index (χ0) is 32.4. The average molecular weight is 625 g/mol. The highest BCUT2D eigenvalue weighted by molar-refractivity contribution is 5.83. The number of carbonyl (C=O) groups is 2. The topological polar surface area (TPSA) is 88.1 Å². The van der Waals surface area contributed by atoms with Crippen molar-refractivity contribution in [2.45, 2.75) is 156 Å². The molecule has 2 amide bonds. The van der Waals surface area contributed by atoms with Gasteiger partial charge in [-0.2, -0.15) is 0 Å². The molecule has 0 aromatic carbocycles. The molecule has 2 aliphatic heterocycles. The first-order valence-corrected chi connectivity index (χ1v) is 18.2. The van der Waals surface area contributed by atoms with Gasteiger partial charge in [0, 0.05) is 23.4 Å². The van der Waals surface area contributed by atoms with E-state index in [1.54, 1.807) is 10.5 Å². The van der Waals surface area contributed by atoms with E-state index < -0.39 is 17.8 Å². The van der Waals surface area contributed by atoms with Gasteiger partial charge in [0.15, 0.2) is 5.79 Å². The largest absolute Gasteiger partial charge is 0.480 e. The third kappa shape index (κ3) is 4.47. The minimum absolute atomic E-state index is 0.0392. The number of carboxylic acids is 1. The number of likely N-dealkylation sites (tertiary alicyclic amines) is 1. The number of carbonyl (C=O) groups excluding carboxylic acids is 1. The third-order valence-electron chi connectivity index (χ3n) is 15.7. The third-order valence-corrected chi connectivity index (χ3v) is 15.7. The minimum Gasteiger partial charge on any atom is -0.480 e. The van der Waals surface area contributed by atoms with E-state index in [2.05, 4.69) is 66.8 Å². The lowest BCUT2D eigenvalue weighted by atomic mass is 9.34. The van der Waals surface area contributed by atoms with Crippen molar-refractivity contribution in [2.24, 2.45) is 44.8 Å². The van der Waals surface area contributed by atoms with Crippen molar-refractivity contribution in [3.8, 4) is 0 Å². The van der Waals surface area contributed by atoms with Crippen LogP contribution in [0, 0.1) is 44.8 Å². The Balaban J connectivity index is 1.22. The summed E-state index contributed by atoms with van der Waals surface area (Å²) in [7, 11) is 0. The van der Waals surface area contributed by atoms with Crippen LogP contribution in [0.25, 0.3) is 0 Å². The van der Waals surface area contributed by atoms with Gasteiger partial charge in [0.1, 0.15) is 6.04 Å². The van der Waals surface area contributed by atoms with Gasteiger partial charge in [0.05, 0.1) is 12.7 Å². The molecule has 2 N–H and O–H groups in total. The highest BCUT2D eigenvalue weighted by Crippen LogP contribution is 2.75. The summed E-state index contributed by atoms with van der Waals surface area (Å²) < 4.78 is 13.0. The number of urea groups is 1. The number of rotatable bonds is 2. The maximum absolute atomic E-state index is 13.9. The quantitative estimate of drug-likeness (QED) is 0.305. The lowest BCUT2D eigenvalue weighted by molar-refractivity contribution is -0.351. The van der Waals surface area contributed by atoms with E-state index in [1.807, 2.05) is 0 Å². The molecule has 0 aromatic rings. The SMILES string of the molecule is CC1(C)CC[C@]2(NC(=O)N3CCC[C@H]3C(=O)O)CC[C@]3(C)C(=CC[C@@H]4[C@@]5(C)CC[C@@H]6OC(C)(C)OC[C@@]6(C)[C@@H]5CC[C@]43C)[C@@H]2C1. The zero-order valence-electron chi connectivity index (χ0n) is 29.4. The van der Waals surface area contributed by atoms with Crippen LogP contribution in [0.5, 0.6) is 0 Å². The van der Waals surface area contributed by atoms with E-state index >= 15 is 0 Å². The molecule has 5 aliphatic carbocycles. The van der Waals surface area contributed by atoms with Gasteiger partial charge in [-0.1, -0.05) is 53.2 Å². The van der Waals surface area contributed by atoms with Crippen molar-refractivity contribution < 1.29 is 24.2 Å². The smallest absolute Gasteiger partial charge is 0.326 e. The fourth-order valence-corrected chi connectivity index (χ4v) is 12.9. The highest BCUT2D eigenvalue weighted by atomic mass is 16.7.